The molecule has 9 nitrogen and oxygen atoms in total. The molecule has 1 aliphatic carbocycles. The van der Waals surface area contributed by atoms with Crippen LogP contribution in [0.25, 0.3) is 0 Å². The van der Waals surface area contributed by atoms with E-state index in [0.29, 0.717) is 18.3 Å². The zero-order valence-electron chi connectivity index (χ0n) is 27.6. The van der Waals surface area contributed by atoms with Crippen molar-refractivity contribution in [1.82, 2.24) is 0 Å². The Hall–Kier alpha value is -0.650. The van der Waals surface area contributed by atoms with Crippen LogP contribution in [0.3, 0.4) is 0 Å². The summed E-state index contributed by atoms with van der Waals surface area (Å²) in [4.78, 5) is 12.8. The van der Waals surface area contributed by atoms with Gasteiger partial charge in [0, 0.05) is 18.8 Å². The van der Waals surface area contributed by atoms with Crippen LogP contribution in [0.1, 0.15) is 125 Å². The van der Waals surface area contributed by atoms with Crippen LogP contribution in [-0.4, -0.2) is 92.5 Å². The first-order valence-electron chi connectivity index (χ1n) is 17.1. The van der Waals surface area contributed by atoms with Crippen molar-refractivity contribution in [2.75, 3.05) is 13.2 Å². The number of ketones is 1. The fraction of sp³-hybridized carbons (Fsp3) is 0.971. The van der Waals surface area contributed by atoms with Crippen LogP contribution < -0.4 is 0 Å². The smallest absolute Gasteiger partial charge is 0.186 e. The highest BCUT2D eigenvalue weighted by Crippen LogP contribution is 2.48. The van der Waals surface area contributed by atoms with Gasteiger partial charge in [0.05, 0.1) is 25.4 Å². The monoisotopic (exact) mass is 616 g/mol. The van der Waals surface area contributed by atoms with Gasteiger partial charge in [0.2, 0.25) is 0 Å². The summed E-state index contributed by atoms with van der Waals surface area (Å²) in [6, 6.07) is 0. The molecule has 9 heteroatoms. The summed E-state index contributed by atoms with van der Waals surface area (Å²) in [5.41, 5.74) is 0.448. The maximum atomic E-state index is 12.8. The second kappa shape index (κ2) is 19.1. The van der Waals surface area contributed by atoms with E-state index >= 15 is 0 Å². The first-order chi connectivity index (χ1) is 20.3. The van der Waals surface area contributed by atoms with E-state index in [-0.39, 0.29) is 18.8 Å². The Kier molecular flexibility index (Phi) is 17.1. The van der Waals surface area contributed by atoms with Gasteiger partial charge in [0.1, 0.15) is 30.2 Å². The summed E-state index contributed by atoms with van der Waals surface area (Å²) in [6.45, 7) is 10.7. The third-order valence-electron chi connectivity index (χ3n) is 11.0. The van der Waals surface area contributed by atoms with Crippen molar-refractivity contribution in [1.29, 1.82) is 0 Å². The molecule has 0 bridgehead atoms. The van der Waals surface area contributed by atoms with Crippen molar-refractivity contribution in [3.8, 4) is 0 Å². The van der Waals surface area contributed by atoms with Crippen molar-refractivity contribution in [2.24, 2.45) is 29.1 Å². The molecular weight excluding hydrogens is 552 g/mol. The largest absolute Gasteiger partial charge is 0.394 e. The lowest BCUT2D eigenvalue weighted by Gasteiger charge is -2.47. The number of hydrogen-bond acceptors (Lipinski definition) is 9. The van der Waals surface area contributed by atoms with Crippen molar-refractivity contribution < 1.29 is 44.9 Å². The maximum Gasteiger partial charge on any atom is 0.186 e. The molecule has 0 aromatic carbocycles. The lowest BCUT2D eigenvalue weighted by atomic mass is 9.58. The van der Waals surface area contributed by atoms with Gasteiger partial charge in [-0.1, -0.05) is 86.0 Å². The highest BCUT2D eigenvalue weighted by molar-refractivity contribution is 5.78. The minimum absolute atomic E-state index is 0.00531. The average molecular weight is 617 g/mol. The van der Waals surface area contributed by atoms with E-state index in [1.807, 2.05) is 0 Å². The molecule has 2 rings (SSSR count). The molecule has 6 N–H and O–H groups in total. The van der Waals surface area contributed by atoms with Crippen molar-refractivity contribution >= 4 is 5.78 Å². The Balaban J connectivity index is 1.64. The zero-order valence-corrected chi connectivity index (χ0v) is 27.6. The van der Waals surface area contributed by atoms with Crippen molar-refractivity contribution in [3.05, 3.63) is 0 Å². The number of rotatable bonds is 20. The van der Waals surface area contributed by atoms with E-state index in [0.717, 1.165) is 37.0 Å². The lowest BCUT2D eigenvalue weighted by molar-refractivity contribution is -0.304. The van der Waals surface area contributed by atoms with Crippen LogP contribution in [0.15, 0.2) is 0 Å². The van der Waals surface area contributed by atoms with Crippen LogP contribution in [0, 0.1) is 29.1 Å². The number of hydrogen-bond donors (Lipinski definition) is 6. The van der Waals surface area contributed by atoms with Crippen molar-refractivity contribution in [3.63, 3.8) is 0 Å². The molecule has 1 aliphatic heterocycles. The van der Waals surface area contributed by atoms with E-state index < -0.39 is 55.4 Å². The summed E-state index contributed by atoms with van der Waals surface area (Å²) in [5.74, 6) is 1.72. The van der Waals surface area contributed by atoms with Gasteiger partial charge in [0.25, 0.3) is 0 Å². The number of Topliss-reactive ketones (excluding diaryl/α,β-unsaturated/α-hetero) is 1. The highest BCUT2D eigenvalue weighted by Gasteiger charge is 2.44. The molecular formula is C34H64O9. The zero-order chi connectivity index (χ0) is 32.2. The van der Waals surface area contributed by atoms with Gasteiger partial charge in [0.15, 0.2) is 6.29 Å². The normalized spacial score (nSPS) is 33.2. The standard InChI is InChI=1S/C34H64O9/c1-6-27(37)29(38)25(21-42-33-32(41)31(40)30(39)28(20-35)43-33)19-26(36)16-14-12-10-8-7-9-11-13-15-24-18-17-22(2)34(4,5)23(24)3/h22-25,27-33,35,37-41H,6-21H2,1-5H3/t22-,23+,24?,25+,27-,28?,29+,30?,31?,32?,33?/m1/s1. The molecule has 1 heterocycles. The van der Waals surface area contributed by atoms with Gasteiger partial charge < -0.3 is 40.1 Å². The SMILES string of the molecule is CC[C@@H](O)[C@@H](O)[C@H](COC1OC(CO)C(O)C(O)C1O)CC(=O)CCCCCCCCCCC1CC[C@@H](C)C(C)(C)[C@H]1C. The van der Waals surface area contributed by atoms with E-state index in [1.54, 1.807) is 6.92 Å². The highest BCUT2D eigenvalue weighted by atomic mass is 16.7. The first-order valence-corrected chi connectivity index (χ1v) is 17.1. The van der Waals surface area contributed by atoms with Gasteiger partial charge in [-0.3, -0.25) is 4.79 Å². The van der Waals surface area contributed by atoms with E-state index in [2.05, 4.69) is 27.7 Å². The Morgan fingerprint density at radius 2 is 1.51 bits per heavy atom. The predicted octanol–water partition coefficient (Wildman–Crippen LogP) is 4.12. The summed E-state index contributed by atoms with van der Waals surface area (Å²) in [7, 11) is 0. The number of carbonyl (C=O) groups excluding carboxylic acids is 1. The molecule has 0 amide bonds. The molecule has 0 spiro atoms. The molecule has 0 radical (unpaired) electrons. The molecule has 2 fully saturated rings. The second-order valence-electron chi connectivity index (χ2n) is 14.2. The minimum atomic E-state index is -1.58. The topological polar surface area (TPSA) is 157 Å². The number of aliphatic hydroxyl groups is 6. The fourth-order valence-corrected chi connectivity index (χ4v) is 6.98. The summed E-state index contributed by atoms with van der Waals surface area (Å²) < 4.78 is 11.0. The fourth-order valence-electron chi connectivity index (χ4n) is 6.98. The van der Waals surface area contributed by atoms with Crippen molar-refractivity contribution in [2.45, 2.75) is 167 Å². The van der Waals surface area contributed by atoms with Crippen LogP contribution >= 0.6 is 0 Å². The summed E-state index contributed by atoms with van der Waals surface area (Å²) >= 11 is 0. The molecule has 2 aliphatic rings. The lowest BCUT2D eigenvalue weighted by Crippen LogP contribution is -2.59. The van der Waals surface area contributed by atoms with Gasteiger partial charge in [-0.05, 0) is 48.9 Å². The summed E-state index contributed by atoms with van der Waals surface area (Å²) in [6.07, 6.45) is 4.58. The van der Waals surface area contributed by atoms with Gasteiger partial charge in [-0.15, -0.1) is 0 Å². The first kappa shape index (κ1) is 38.5. The predicted molar refractivity (Wildman–Crippen MR) is 166 cm³/mol. The van der Waals surface area contributed by atoms with E-state index in [4.69, 9.17) is 9.47 Å². The molecule has 6 unspecified atom stereocenters. The van der Waals surface area contributed by atoms with Gasteiger partial charge in [-0.25, -0.2) is 0 Å². The third-order valence-corrected chi connectivity index (χ3v) is 11.0. The van der Waals surface area contributed by atoms with E-state index in [1.165, 1.54) is 51.4 Å². The molecule has 0 aromatic rings. The molecule has 11 atom stereocenters. The Labute approximate surface area is 260 Å². The Morgan fingerprint density at radius 1 is 0.907 bits per heavy atom. The Bertz CT molecular complexity index is 775. The molecule has 254 valence electrons. The summed E-state index contributed by atoms with van der Waals surface area (Å²) in [5, 5.41) is 60.4. The quantitative estimate of drug-likeness (QED) is 0.111. The average Bonchev–Trinajstić information content (AvgIpc) is 2.99. The van der Waals surface area contributed by atoms with Gasteiger partial charge >= 0.3 is 0 Å². The van der Waals surface area contributed by atoms with E-state index in [9.17, 15) is 35.4 Å². The van der Waals surface area contributed by atoms with Gasteiger partial charge in [-0.2, -0.15) is 0 Å². The van der Waals surface area contributed by atoms with Crippen LogP contribution in [0.2, 0.25) is 0 Å². The number of unbranched alkanes of at least 4 members (excludes halogenated alkanes) is 7. The minimum Gasteiger partial charge on any atom is -0.394 e. The molecule has 43 heavy (non-hydrogen) atoms. The number of carbonyl (C=O) groups is 1. The molecule has 1 saturated carbocycles. The second-order valence-corrected chi connectivity index (χ2v) is 14.2. The van der Waals surface area contributed by atoms with Crippen LogP contribution in [0.5, 0.6) is 0 Å². The van der Waals surface area contributed by atoms with Crippen LogP contribution in [-0.2, 0) is 14.3 Å². The molecule has 1 saturated heterocycles. The third kappa shape index (κ3) is 11.6. The number of aliphatic hydroxyl groups excluding tert-OH is 6. The van der Waals surface area contributed by atoms with Crippen LogP contribution in [0.4, 0.5) is 0 Å². The maximum absolute atomic E-state index is 12.8. The Morgan fingerprint density at radius 3 is 2.12 bits per heavy atom. The number of ether oxygens (including phenoxy) is 2. The molecule has 0 aromatic heterocycles.